The van der Waals surface area contributed by atoms with Gasteiger partial charge in [-0.25, -0.2) is 0 Å². The Balaban J connectivity index is 2.88. The lowest BCUT2D eigenvalue weighted by Crippen LogP contribution is -2.22. The van der Waals surface area contributed by atoms with Crippen molar-refractivity contribution >= 4 is 29.7 Å². The molecule has 0 saturated heterocycles. The van der Waals surface area contributed by atoms with Gasteiger partial charge in [-0.05, 0) is 46.9 Å². The fourth-order valence-corrected chi connectivity index (χ4v) is 4.72. The smallest absolute Gasteiger partial charge is 0.149 e. The molecular weight excluding hydrogens is 392 g/mol. The van der Waals surface area contributed by atoms with Crippen LogP contribution in [-0.2, 0) is 0 Å². The minimum absolute atomic E-state index is 0.605. The number of anilines is 1. The topological polar surface area (TPSA) is 59.0 Å². The van der Waals surface area contributed by atoms with E-state index in [9.17, 15) is 0 Å². The first-order chi connectivity index (χ1) is 11.9. The molecule has 0 bridgehead atoms. The Hall–Kier alpha value is -1.43. The van der Waals surface area contributed by atoms with Crippen LogP contribution in [0.3, 0.4) is 0 Å². The zero-order valence-electron chi connectivity index (χ0n) is 15.6. The van der Waals surface area contributed by atoms with Crippen molar-refractivity contribution in [1.82, 2.24) is 0 Å². The summed E-state index contributed by atoms with van der Waals surface area (Å²) in [5.41, 5.74) is 11.0. The maximum Gasteiger partial charge on any atom is 0.149 e. The van der Waals surface area contributed by atoms with Crippen molar-refractivity contribution in [3.05, 3.63) is 22.2 Å². The van der Waals surface area contributed by atoms with Gasteiger partial charge in [0.05, 0.1) is 22.7 Å². The molecule has 0 unspecified atom stereocenters. The number of nitrogen functional groups attached to an aromatic ring is 1. The summed E-state index contributed by atoms with van der Waals surface area (Å²) in [5.74, 6) is 4.10. The van der Waals surface area contributed by atoms with Gasteiger partial charge in [-0.2, -0.15) is 5.26 Å². The highest BCUT2D eigenvalue weighted by atomic mass is 79.9. The normalized spacial score (nSPS) is 10.7. The summed E-state index contributed by atoms with van der Waals surface area (Å²) in [7, 11) is -1.65. The number of hydrogen-bond acceptors (Lipinski definition) is 3. The van der Waals surface area contributed by atoms with E-state index in [-0.39, 0.29) is 0 Å². The van der Waals surface area contributed by atoms with Crippen LogP contribution in [0, 0.1) is 22.8 Å². The molecule has 0 saturated carbocycles. The van der Waals surface area contributed by atoms with Crippen molar-refractivity contribution in [2.75, 3.05) is 12.3 Å². The van der Waals surface area contributed by atoms with Crippen LogP contribution in [0.5, 0.6) is 5.75 Å². The average molecular weight is 421 g/mol. The van der Waals surface area contributed by atoms with E-state index in [2.05, 4.69) is 53.5 Å². The molecule has 2 N–H and O–H groups in total. The highest BCUT2D eigenvalue weighted by Gasteiger charge is 2.17. The van der Waals surface area contributed by atoms with Gasteiger partial charge in [0.15, 0.2) is 0 Å². The molecule has 0 heterocycles. The molecule has 25 heavy (non-hydrogen) atoms. The van der Waals surface area contributed by atoms with Gasteiger partial charge in [0.25, 0.3) is 0 Å². The number of nitrogens with zero attached hydrogens (tertiary/aromatic N) is 1. The van der Waals surface area contributed by atoms with Gasteiger partial charge in [0.2, 0.25) is 0 Å². The SMILES string of the molecule is CCCCCCOc1c(Br)cc(N)cc1C#C[Si](C)(C)CCCC#N. The van der Waals surface area contributed by atoms with Crippen LogP contribution in [-0.4, -0.2) is 14.7 Å². The Morgan fingerprint density at radius 2 is 1.96 bits per heavy atom. The summed E-state index contributed by atoms with van der Waals surface area (Å²) < 4.78 is 6.86. The zero-order valence-corrected chi connectivity index (χ0v) is 18.2. The molecule has 0 aliphatic rings. The van der Waals surface area contributed by atoms with E-state index in [0.29, 0.717) is 18.7 Å². The van der Waals surface area contributed by atoms with E-state index in [0.717, 1.165) is 34.7 Å². The summed E-state index contributed by atoms with van der Waals surface area (Å²) in [6.07, 6.45) is 6.21. The number of nitriles is 1. The molecule has 0 aromatic heterocycles. The Labute approximate surface area is 162 Å². The van der Waals surface area contributed by atoms with Gasteiger partial charge in [-0.15, -0.1) is 5.54 Å². The molecule has 0 fully saturated rings. The highest BCUT2D eigenvalue weighted by molar-refractivity contribution is 9.10. The molecule has 1 rings (SSSR count). The maximum absolute atomic E-state index is 8.70. The number of unbranched alkanes of at least 4 members (excludes halogenated alkanes) is 4. The van der Waals surface area contributed by atoms with E-state index in [1.54, 1.807) is 0 Å². The number of benzene rings is 1. The molecule has 1 aromatic carbocycles. The predicted octanol–water partition coefficient (Wildman–Crippen LogP) is 5.89. The van der Waals surface area contributed by atoms with Crippen molar-refractivity contribution in [3.8, 4) is 23.3 Å². The van der Waals surface area contributed by atoms with Crippen molar-refractivity contribution in [2.45, 2.75) is 64.6 Å². The number of hydrogen-bond donors (Lipinski definition) is 1. The third kappa shape index (κ3) is 8.47. The highest BCUT2D eigenvalue weighted by Crippen LogP contribution is 2.32. The lowest BCUT2D eigenvalue weighted by Gasteiger charge is -2.14. The zero-order chi connectivity index (χ0) is 18.7. The van der Waals surface area contributed by atoms with Crippen LogP contribution in [0.1, 0.15) is 51.0 Å². The standard InChI is InChI=1S/C20H29BrN2OSi/c1-4-5-6-8-12-24-20-17(15-18(23)16-19(20)21)10-14-25(2,3)13-9-7-11-22/h15-16H,4-9,12-13,23H2,1-3H3. The first kappa shape index (κ1) is 21.6. The molecule has 0 aliphatic heterocycles. The summed E-state index contributed by atoms with van der Waals surface area (Å²) in [4.78, 5) is 0. The van der Waals surface area contributed by atoms with Crippen molar-refractivity contribution in [2.24, 2.45) is 0 Å². The second-order valence-electron chi connectivity index (χ2n) is 6.93. The molecular formula is C20H29BrN2OSi. The van der Waals surface area contributed by atoms with E-state index in [4.69, 9.17) is 15.7 Å². The molecule has 1 aromatic rings. The van der Waals surface area contributed by atoms with Crippen LogP contribution < -0.4 is 10.5 Å². The van der Waals surface area contributed by atoms with Gasteiger partial charge in [-0.1, -0.05) is 45.2 Å². The summed E-state index contributed by atoms with van der Waals surface area (Å²) in [6, 6.07) is 6.99. The minimum atomic E-state index is -1.65. The van der Waals surface area contributed by atoms with Crippen LogP contribution in [0.15, 0.2) is 16.6 Å². The number of halogens is 1. The fourth-order valence-electron chi connectivity index (χ4n) is 2.47. The Morgan fingerprint density at radius 3 is 2.64 bits per heavy atom. The van der Waals surface area contributed by atoms with E-state index < -0.39 is 8.07 Å². The Kier molecular flexibility index (Phi) is 9.71. The first-order valence-corrected chi connectivity index (χ1v) is 13.0. The number of nitrogens with two attached hydrogens (primary N) is 1. The summed E-state index contributed by atoms with van der Waals surface area (Å²) in [6.45, 7) is 7.38. The minimum Gasteiger partial charge on any atom is -0.491 e. The Morgan fingerprint density at radius 1 is 1.20 bits per heavy atom. The summed E-state index contributed by atoms with van der Waals surface area (Å²) >= 11 is 3.56. The second kappa shape index (κ2) is 11.2. The van der Waals surface area contributed by atoms with E-state index in [1.807, 2.05) is 12.1 Å². The number of rotatable bonds is 9. The Bertz CT molecular complexity index is 656. The van der Waals surface area contributed by atoms with Gasteiger partial charge < -0.3 is 10.5 Å². The monoisotopic (exact) mass is 420 g/mol. The van der Waals surface area contributed by atoms with Gasteiger partial charge in [-0.3, -0.25) is 0 Å². The first-order valence-electron chi connectivity index (χ1n) is 9.01. The molecule has 3 nitrogen and oxygen atoms in total. The molecule has 0 atom stereocenters. The predicted molar refractivity (Wildman–Crippen MR) is 112 cm³/mol. The van der Waals surface area contributed by atoms with Gasteiger partial charge >= 0.3 is 0 Å². The van der Waals surface area contributed by atoms with E-state index in [1.165, 1.54) is 19.3 Å². The van der Waals surface area contributed by atoms with Crippen molar-refractivity contribution in [1.29, 1.82) is 5.26 Å². The molecule has 0 amide bonds. The van der Waals surface area contributed by atoms with Crippen LogP contribution in [0.25, 0.3) is 0 Å². The third-order valence-corrected chi connectivity index (χ3v) is 6.93. The quantitative estimate of drug-likeness (QED) is 0.234. The van der Waals surface area contributed by atoms with Crippen molar-refractivity contribution < 1.29 is 4.74 Å². The van der Waals surface area contributed by atoms with Crippen molar-refractivity contribution in [3.63, 3.8) is 0 Å². The maximum atomic E-state index is 8.70. The summed E-state index contributed by atoms with van der Waals surface area (Å²) in [5, 5.41) is 8.70. The van der Waals surface area contributed by atoms with Crippen LogP contribution in [0.4, 0.5) is 5.69 Å². The lowest BCUT2D eigenvalue weighted by molar-refractivity contribution is 0.302. The lowest BCUT2D eigenvalue weighted by atomic mass is 10.2. The number of ether oxygens (including phenoxy) is 1. The van der Waals surface area contributed by atoms with Gasteiger partial charge in [0.1, 0.15) is 13.8 Å². The largest absolute Gasteiger partial charge is 0.491 e. The fraction of sp³-hybridized carbons (Fsp3) is 0.550. The molecule has 136 valence electrons. The third-order valence-electron chi connectivity index (χ3n) is 3.94. The second-order valence-corrected chi connectivity index (χ2v) is 12.3. The molecule has 0 radical (unpaired) electrons. The van der Waals surface area contributed by atoms with Gasteiger partial charge in [0, 0.05) is 12.1 Å². The molecule has 0 spiro atoms. The average Bonchev–Trinajstić information content (AvgIpc) is 2.54. The molecule has 0 aliphatic carbocycles. The molecule has 5 heteroatoms. The van der Waals surface area contributed by atoms with Crippen LogP contribution in [0.2, 0.25) is 19.1 Å². The van der Waals surface area contributed by atoms with E-state index >= 15 is 0 Å². The van der Waals surface area contributed by atoms with Crippen LogP contribution >= 0.6 is 15.9 Å².